The summed E-state index contributed by atoms with van der Waals surface area (Å²) in [6, 6.07) is 27.1. The number of nitrogens with zero attached hydrogens (tertiary/aromatic N) is 3. The fraction of sp³-hybridized carbons (Fsp3) is 0.107. The first kappa shape index (κ1) is 21.4. The Kier molecular flexibility index (Phi) is 6.03. The maximum atomic E-state index is 13.0. The van der Waals surface area contributed by atoms with Crippen molar-refractivity contribution in [3.05, 3.63) is 114 Å². The molecular formula is C28H23N3O3. The van der Waals surface area contributed by atoms with Gasteiger partial charge in [-0.3, -0.25) is 14.4 Å². The predicted octanol–water partition coefficient (Wildman–Crippen LogP) is 5.45. The number of allylic oxidation sites excluding steroid dienone is 1. The molecule has 3 aromatic carbocycles. The smallest absolute Gasteiger partial charge is 0.414 e. The van der Waals surface area contributed by atoms with Gasteiger partial charge in [0.15, 0.2) is 5.78 Å². The lowest BCUT2D eigenvalue weighted by atomic mass is 10.1. The van der Waals surface area contributed by atoms with Crippen LogP contribution in [-0.2, 0) is 11.3 Å². The van der Waals surface area contributed by atoms with E-state index >= 15 is 0 Å². The summed E-state index contributed by atoms with van der Waals surface area (Å²) in [7, 11) is 0. The van der Waals surface area contributed by atoms with Gasteiger partial charge in [-0.05, 0) is 29.8 Å². The molecule has 1 aromatic heterocycles. The summed E-state index contributed by atoms with van der Waals surface area (Å²) in [5, 5.41) is 4.80. The number of ketones is 1. The maximum Gasteiger partial charge on any atom is 0.414 e. The van der Waals surface area contributed by atoms with E-state index in [-0.39, 0.29) is 5.78 Å². The Morgan fingerprint density at radius 3 is 2.47 bits per heavy atom. The number of cyclic esters (lactones) is 1. The van der Waals surface area contributed by atoms with E-state index in [1.165, 1.54) is 4.90 Å². The standard InChI is InChI=1S/C28H23N3O3/c32-26(23-12-7-13-25(18-23)31-16-17-34-28(31)33)15-14-24-20-30(19-21-8-3-1-4-9-21)29-27(24)22-10-5-2-6-11-22/h1-15,18,20H,16-17,19H2/b15-14+. The van der Waals surface area contributed by atoms with E-state index < -0.39 is 6.09 Å². The highest BCUT2D eigenvalue weighted by atomic mass is 16.6. The van der Waals surface area contributed by atoms with Gasteiger partial charge in [-0.2, -0.15) is 5.10 Å². The molecule has 1 aliphatic heterocycles. The van der Waals surface area contributed by atoms with Crippen LogP contribution in [0.3, 0.4) is 0 Å². The lowest BCUT2D eigenvalue weighted by molar-refractivity contribution is 0.104. The molecule has 1 saturated heterocycles. The lowest BCUT2D eigenvalue weighted by Crippen LogP contribution is -2.23. The Morgan fingerprint density at radius 1 is 0.971 bits per heavy atom. The number of ether oxygens (including phenoxy) is 1. The first-order chi connectivity index (χ1) is 16.7. The minimum atomic E-state index is -0.390. The van der Waals surface area contributed by atoms with E-state index in [0.717, 1.165) is 22.4 Å². The third-order valence-electron chi connectivity index (χ3n) is 5.64. The molecule has 0 atom stereocenters. The highest BCUT2D eigenvalue weighted by molar-refractivity contribution is 6.08. The molecule has 0 unspecified atom stereocenters. The Bertz CT molecular complexity index is 1340. The molecule has 0 bridgehead atoms. The van der Waals surface area contributed by atoms with E-state index in [1.807, 2.05) is 59.4 Å². The minimum absolute atomic E-state index is 0.149. The van der Waals surface area contributed by atoms with E-state index in [9.17, 15) is 9.59 Å². The van der Waals surface area contributed by atoms with Crippen molar-refractivity contribution in [3.63, 3.8) is 0 Å². The zero-order valence-electron chi connectivity index (χ0n) is 18.5. The van der Waals surface area contributed by atoms with Crippen molar-refractivity contribution in [1.29, 1.82) is 0 Å². The van der Waals surface area contributed by atoms with Crippen LogP contribution in [0.2, 0.25) is 0 Å². The Hall–Kier alpha value is -4.45. The topological polar surface area (TPSA) is 64.4 Å². The summed E-state index contributed by atoms with van der Waals surface area (Å²) < 4.78 is 6.89. The van der Waals surface area contributed by atoms with Crippen molar-refractivity contribution >= 4 is 23.6 Å². The predicted molar refractivity (Wildman–Crippen MR) is 132 cm³/mol. The number of aromatic nitrogens is 2. The van der Waals surface area contributed by atoms with Crippen LogP contribution in [0.4, 0.5) is 10.5 Å². The number of amides is 1. The second-order valence-electron chi connectivity index (χ2n) is 8.00. The summed E-state index contributed by atoms with van der Waals surface area (Å²) >= 11 is 0. The normalized spacial score (nSPS) is 13.4. The Balaban J connectivity index is 1.42. The lowest BCUT2D eigenvalue weighted by Gasteiger charge is -2.13. The first-order valence-corrected chi connectivity index (χ1v) is 11.1. The fourth-order valence-corrected chi connectivity index (χ4v) is 3.95. The number of benzene rings is 3. The van der Waals surface area contributed by atoms with Gasteiger partial charge in [0.05, 0.1) is 18.8 Å². The molecule has 0 aliphatic carbocycles. The van der Waals surface area contributed by atoms with E-state index in [0.29, 0.717) is 30.9 Å². The minimum Gasteiger partial charge on any atom is -0.447 e. The maximum absolute atomic E-state index is 13.0. The van der Waals surface area contributed by atoms with Gasteiger partial charge in [0.1, 0.15) is 6.61 Å². The number of carbonyl (C=O) groups excluding carboxylic acids is 2. The number of carbonyl (C=O) groups is 2. The van der Waals surface area contributed by atoms with Crippen molar-refractivity contribution in [2.24, 2.45) is 0 Å². The summed E-state index contributed by atoms with van der Waals surface area (Å²) in [5.74, 6) is -0.149. The molecule has 1 fully saturated rings. The molecule has 1 aliphatic rings. The van der Waals surface area contributed by atoms with Crippen LogP contribution in [0.5, 0.6) is 0 Å². The average molecular weight is 450 g/mol. The molecule has 6 heteroatoms. The van der Waals surface area contributed by atoms with Gasteiger partial charge in [-0.1, -0.05) is 72.8 Å². The van der Waals surface area contributed by atoms with Crippen LogP contribution in [0.15, 0.2) is 97.2 Å². The van der Waals surface area contributed by atoms with Crippen LogP contribution in [0.25, 0.3) is 17.3 Å². The fourth-order valence-electron chi connectivity index (χ4n) is 3.95. The summed E-state index contributed by atoms with van der Waals surface area (Å²) in [6.45, 7) is 1.47. The van der Waals surface area contributed by atoms with Crippen molar-refractivity contribution in [1.82, 2.24) is 9.78 Å². The average Bonchev–Trinajstić information content (AvgIpc) is 3.49. The molecule has 4 aromatic rings. The van der Waals surface area contributed by atoms with Crippen LogP contribution in [-0.4, -0.2) is 34.8 Å². The zero-order valence-corrected chi connectivity index (χ0v) is 18.5. The largest absolute Gasteiger partial charge is 0.447 e. The second kappa shape index (κ2) is 9.58. The van der Waals surface area contributed by atoms with Gasteiger partial charge < -0.3 is 4.74 Å². The van der Waals surface area contributed by atoms with Crippen LogP contribution in [0.1, 0.15) is 21.5 Å². The number of hydrogen-bond donors (Lipinski definition) is 0. The summed E-state index contributed by atoms with van der Waals surface area (Å²) in [5.41, 5.74) is 4.96. The van der Waals surface area contributed by atoms with Gasteiger partial charge in [-0.25, -0.2) is 4.79 Å². The SMILES string of the molecule is O=C(/C=C/c1cn(Cc2ccccc2)nc1-c1ccccc1)c1cccc(N2CCOC2=O)c1. The molecule has 6 nitrogen and oxygen atoms in total. The third-order valence-corrected chi connectivity index (χ3v) is 5.64. The Morgan fingerprint density at radius 2 is 1.74 bits per heavy atom. The molecule has 0 N–H and O–H groups in total. The number of rotatable bonds is 7. The van der Waals surface area contributed by atoms with Crippen molar-refractivity contribution in [3.8, 4) is 11.3 Å². The van der Waals surface area contributed by atoms with Gasteiger partial charge >= 0.3 is 6.09 Å². The van der Waals surface area contributed by atoms with Crippen molar-refractivity contribution < 1.29 is 14.3 Å². The molecule has 0 saturated carbocycles. The van der Waals surface area contributed by atoms with Gasteiger partial charge in [-0.15, -0.1) is 0 Å². The van der Waals surface area contributed by atoms with E-state index in [4.69, 9.17) is 9.84 Å². The highest BCUT2D eigenvalue weighted by Gasteiger charge is 2.23. The van der Waals surface area contributed by atoms with Gasteiger partial charge in [0.2, 0.25) is 0 Å². The molecule has 168 valence electrons. The molecule has 0 spiro atoms. The van der Waals surface area contributed by atoms with Crippen molar-refractivity contribution in [2.45, 2.75) is 6.54 Å². The molecule has 34 heavy (non-hydrogen) atoms. The molecule has 5 rings (SSSR count). The van der Waals surface area contributed by atoms with Gasteiger partial charge in [0, 0.05) is 28.6 Å². The van der Waals surface area contributed by atoms with Crippen LogP contribution < -0.4 is 4.90 Å². The molecule has 1 amide bonds. The van der Waals surface area contributed by atoms with E-state index in [1.54, 1.807) is 36.4 Å². The first-order valence-electron chi connectivity index (χ1n) is 11.1. The molecule has 0 radical (unpaired) electrons. The summed E-state index contributed by atoms with van der Waals surface area (Å²) in [4.78, 5) is 26.4. The number of anilines is 1. The zero-order chi connectivity index (χ0) is 23.3. The van der Waals surface area contributed by atoms with Gasteiger partial charge in [0.25, 0.3) is 0 Å². The number of hydrogen-bond acceptors (Lipinski definition) is 4. The second-order valence-corrected chi connectivity index (χ2v) is 8.00. The molecular weight excluding hydrogens is 426 g/mol. The quantitative estimate of drug-likeness (QED) is 0.278. The monoisotopic (exact) mass is 449 g/mol. The van der Waals surface area contributed by atoms with E-state index in [2.05, 4.69) is 12.1 Å². The molecule has 2 heterocycles. The van der Waals surface area contributed by atoms with Crippen LogP contribution in [0, 0.1) is 0 Å². The third kappa shape index (κ3) is 4.66. The van der Waals surface area contributed by atoms with Crippen LogP contribution >= 0.6 is 0 Å². The Labute approximate surface area is 197 Å². The summed E-state index contributed by atoms with van der Waals surface area (Å²) in [6.07, 6.45) is 4.92. The van der Waals surface area contributed by atoms with Crippen molar-refractivity contribution in [2.75, 3.05) is 18.1 Å². The highest BCUT2D eigenvalue weighted by Crippen LogP contribution is 2.25.